The highest BCUT2D eigenvalue weighted by Crippen LogP contribution is 2.49. The van der Waals surface area contributed by atoms with Gasteiger partial charge in [0.15, 0.2) is 11.5 Å². The van der Waals surface area contributed by atoms with Crippen LogP contribution in [-0.2, 0) is 32.3 Å². The topological polar surface area (TPSA) is 169 Å². The summed E-state index contributed by atoms with van der Waals surface area (Å²) in [6, 6.07) is 9.60. The lowest BCUT2D eigenvalue weighted by Crippen LogP contribution is -2.47. The molecule has 0 radical (unpaired) electrons. The molecule has 5 rings (SSSR count). The Morgan fingerprint density at radius 1 is 1.00 bits per heavy atom. The van der Waals surface area contributed by atoms with Crippen LogP contribution < -0.4 is 21.1 Å². The molecular weight excluding hydrogens is 632 g/mol. The molecular formula is C40H62N4O6. The van der Waals surface area contributed by atoms with E-state index in [2.05, 4.69) is 21.7 Å². The molecule has 6 unspecified atom stereocenters. The van der Waals surface area contributed by atoms with Crippen molar-refractivity contribution >= 4 is 0 Å². The third kappa shape index (κ3) is 10.1. The van der Waals surface area contributed by atoms with Crippen molar-refractivity contribution in [3.05, 3.63) is 69.9 Å². The third-order valence-electron chi connectivity index (χ3n) is 11.0. The third-order valence-corrected chi connectivity index (χ3v) is 11.0. The van der Waals surface area contributed by atoms with Gasteiger partial charge in [0.1, 0.15) is 24.2 Å². The largest absolute Gasteiger partial charge is 0.504 e. The number of benzene rings is 1. The summed E-state index contributed by atoms with van der Waals surface area (Å²) in [5, 5.41) is 48.9. The van der Waals surface area contributed by atoms with Crippen LogP contribution in [0.2, 0.25) is 0 Å². The number of aromatic hydroxyl groups is 1. The lowest BCUT2D eigenvalue weighted by molar-refractivity contribution is 0.103. The van der Waals surface area contributed by atoms with E-state index in [1.165, 1.54) is 30.5 Å². The number of hydrogen-bond donors (Lipinski definition) is 8. The van der Waals surface area contributed by atoms with Crippen molar-refractivity contribution in [3.8, 4) is 11.5 Å². The predicted octanol–water partition coefficient (Wildman–Crippen LogP) is 5.16. The smallest absolute Gasteiger partial charge is 0.161 e. The SMILES string of the molecule is CNCC(NCC(C)O)C1c2cc(C(O)COc3cc(CCc4cc(CO)c(CCCCCCCN)o4)ccc3O)[nH]c2CCC2CCCC21. The molecule has 0 spiro atoms. The van der Waals surface area contributed by atoms with E-state index in [1.807, 2.05) is 32.2 Å². The van der Waals surface area contributed by atoms with E-state index in [4.69, 9.17) is 14.9 Å². The van der Waals surface area contributed by atoms with Crippen molar-refractivity contribution in [1.82, 2.24) is 15.6 Å². The van der Waals surface area contributed by atoms with Gasteiger partial charge in [0, 0.05) is 54.8 Å². The quantitative estimate of drug-likeness (QED) is 0.0703. The van der Waals surface area contributed by atoms with Gasteiger partial charge >= 0.3 is 0 Å². The number of nitrogens with two attached hydrogens (primary N) is 1. The predicted molar refractivity (Wildman–Crippen MR) is 197 cm³/mol. The number of hydrogen-bond acceptors (Lipinski definition) is 9. The van der Waals surface area contributed by atoms with Crippen molar-refractivity contribution in [3.63, 3.8) is 0 Å². The van der Waals surface area contributed by atoms with Crippen LogP contribution in [0, 0.1) is 11.8 Å². The number of aliphatic hydroxyl groups is 3. The van der Waals surface area contributed by atoms with Gasteiger partial charge in [-0.15, -0.1) is 0 Å². The molecule has 9 N–H and O–H groups in total. The Bertz CT molecular complexity index is 1450. The van der Waals surface area contributed by atoms with Gasteiger partial charge in [0.25, 0.3) is 0 Å². The van der Waals surface area contributed by atoms with Crippen LogP contribution in [-0.4, -0.2) is 70.8 Å². The molecule has 0 saturated heterocycles. The van der Waals surface area contributed by atoms with Crippen molar-refractivity contribution in [2.75, 3.05) is 33.3 Å². The highest BCUT2D eigenvalue weighted by Gasteiger charge is 2.42. The number of aliphatic hydroxyl groups excluding tert-OH is 3. The maximum absolute atomic E-state index is 11.3. The second-order valence-electron chi connectivity index (χ2n) is 14.8. The Morgan fingerprint density at radius 2 is 1.82 bits per heavy atom. The number of aromatic nitrogens is 1. The van der Waals surface area contributed by atoms with Gasteiger partial charge in [-0.05, 0) is 106 Å². The summed E-state index contributed by atoms with van der Waals surface area (Å²) >= 11 is 0. The summed E-state index contributed by atoms with van der Waals surface area (Å²) in [6.07, 6.45) is 12.2. The molecule has 2 aliphatic carbocycles. The molecule has 10 nitrogen and oxygen atoms in total. The van der Waals surface area contributed by atoms with Crippen LogP contribution in [0.4, 0.5) is 0 Å². The Kier molecular flexibility index (Phi) is 14.7. The number of furan rings is 1. The second kappa shape index (κ2) is 19.1. The van der Waals surface area contributed by atoms with Crippen molar-refractivity contribution < 1.29 is 29.6 Å². The molecule has 2 aromatic heterocycles. The number of phenolic OH excluding ortho intramolecular Hbond substituents is 1. The first-order chi connectivity index (χ1) is 24.3. The van der Waals surface area contributed by atoms with Crippen molar-refractivity contribution in [1.29, 1.82) is 0 Å². The van der Waals surface area contributed by atoms with Gasteiger partial charge in [-0.3, -0.25) is 0 Å². The maximum atomic E-state index is 11.3. The lowest BCUT2D eigenvalue weighted by Gasteiger charge is -2.35. The lowest BCUT2D eigenvalue weighted by atomic mass is 9.76. The maximum Gasteiger partial charge on any atom is 0.161 e. The minimum Gasteiger partial charge on any atom is -0.504 e. The molecule has 10 heteroatoms. The number of unbranched alkanes of at least 4 members (excludes halogenated alkanes) is 4. The number of fused-ring (bicyclic) bond motifs is 2. The molecule has 1 saturated carbocycles. The van der Waals surface area contributed by atoms with Crippen molar-refractivity contribution in [2.45, 2.75) is 121 Å². The van der Waals surface area contributed by atoms with E-state index in [1.54, 1.807) is 6.07 Å². The van der Waals surface area contributed by atoms with E-state index in [0.29, 0.717) is 37.0 Å². The zero-order chi connectivity index (χ0) is 35.5. The molecule has 3 aromatic rings. The minimum atomic E-state index is -0.891. The van der Waals surface area contributed by atoms with Gasteiger partial charge < -0.3 is 50.9 Å². The molecule has 6 atom stereocenters. The van der Waals surface area contributed by atoms with E-state index in [0.717, 1.165) is 92.8 Å². The fourth-order valence-corrected chi connectivity index (χ4v) is 8.37. The minimum absolute atomic E-state index is 0.000967. The first-order valence-corrected chi connectivity index (χ1v) is 19.1. The molecule has 278 valence electrons. The Balaban J connectivity index is 1.21. The molecule has 1 fully saturated rings. The number of likely N-dealkylation sites (N-methyl/N-ethyl adjacent to an activating group) is 1. The number of rotatable bonds is 21. The standard InChI is InChI=1S/C40H62N4O6/c1-26(46)22-43-35(23-42-2)40-31-10-8-9-28(31)14-16-33-32(40)21-34(44-33)37(48)25-49-39-19-27(13-17-36(39)47)12-15-30-20-29(24-45)38(50-30)11-6-4-3-5-7-18-41/h13,17,19-21,26,28,31,35,37,40,42-48H,3-12,14-16,18,22-25,41H2,1-2H3. The zero-order valence-corrected chi connectivity index (χ0v) is 30.3. The average molecular weight is 695 g/mol. The molecule has 0 amide bonds. The summed E-state index contributed by atoms with van der Waals surface area (Å²) in [5.74, 6) is 3.60. The van der Waals surface area contributed by atoms with Crippen LogP contribution in [0.5, 0.6) is 11.5 Å². The summed E-state index contributed by atoms with van der Waals surface area (Å²) in [7, 11) is 1.98. The van der Waals surface area contributed by atoms with Crippen molar-refractivity contribution in [2.24, 2.45) is 17.6 Å². The van der Waals surface area contributed by atoms with Crippen LogP contribution in [0.3, 0.4) is 0 Å². The Morgan fingerprint density at radius 3 is 2.60 bits per heavy atom. The van der Waals surface area contributed by atoms with Gasteiger partial charge in [-0.2, -0.15) is 0 Å². The molecule has 50 heavy (non-hydrogen) atoms. The summed E-state index contributed by atoms with van der Waals surface area (Å²) in [5.41, 5.74) is 10.6. The van der Waals surface area contributed by atoms with E-state index < -0.39 is 12.2 Å². The van der Waals surface area contributed by atoms with Crippen LogP contribution in [0.15, 0.2) is 34.7 Å². The van der Waals surface area contributed by atoms with Gasteiger partial charge in [0.2, 0.25) is 0 Å². The number of nitrogens with one attached hydrogen (secondary N) is 3. The summed E-state index contributed by atoms with van der Waals surface area (Å²) < 4.78 is 12.2. The Labute approximate surface area is 298 Å². The monoisotopic (exact) mass is 694 g/mol. The van der Waals surface area contributed by atoms with Gasteiger partial charge in [-0.25, -0.2) is 0 Å². The molecule has 0 aliphatic heterocycles. The Hall–Kier alpha value is -2.86. The number of aromatic amines is 1. The number of phenols is 1. The molecule has 0 bridgehead atoms. The highest BCUT2D eigenvalue weighted by atomic mass is 16.5. The van der Waals surface area contributed by atoms with E-state index in [-0.39, 0.29) is 30.9 Å². The summed E-state index contributed by atoms with van der Waals surface area (Å²) in [6.45, 7) is 3.85. The van der Waals surface area contributed by atoms with Crippen LogP contribution >= 0.6 is 0 Å². The first-order valence-electron chi connectivity index (χ1n) is 19.1. The normalized spacial score (nSPS) is 20.6. The fraction of sp³-hybridized carbons (Fsp3) is 0.650. The second-order valence-corrected chi connectivity index (χ2v) is 14.8. The van der Waals surface area contributed by atoms with E-state index in [9.17, 15) is 20.4 Å². The number of aryl methyl sites for hydroxylation is 4. The molecule has 2 heterocycles. The molecule has 2 aliphatic rings. The average Bonchev–Trinajstić information content (AvgIpc) is 3.84. The van der Waals surface area contributed by atoms with Gasteiger partial charge in [-0.1, -0.05) is 38.2 Å². The first kappa shape index (κ1) is 38.4. The number of H-pyrrole nitrogens is 1. The number of ether oxygens (including phenoxy) is 1. The fourth-order valence-electron chi connectivity index (χ4n) is 8.37. The highest BCUT2D eigenvalue weighted by molar-refractivity contribution is 5.42. The summed E-state index contributed by atoms with van der Waals surface area (Å²) in [4.78, 5) is 3.57. The van der Waals surface area contributed by atoms with Gasteiger partial charge in [0.05, 0.1) is 12.7 Å². The van der Waals surface area contributed by atoms with Crippen LogP contribution in [0.1, 0.15) is 116 Å². The van der Waals surface area contributed by atoms with E-state index >= 15 is 0 Å². The van der Waals surface area contributed by atoms with Crippen LogP contribution in [0.25, 0.3) is 0 Å². The zero-order valence-electron chi connectivity index (χ0n) is 30.3. The molecule has 1 aromatic carbocycles.